The molecule has 2 amide bonds. The Morgan fingerprint density at radius 3 is 2.84 bits per heavy atom. The molecule has 1 aromatic rings. The number of rotatable bonds is 3. The molecule has 1 N–H and O–H groups in total. The number of piperidine rings is 1. The summed E-state index contributed by atoms with van der Waals surface area (Å²) in [5.74, 6) is 0.135. The molecule has 1 aliphatic carbocycles. The van der Waals surface area contributed by atoms with Crippen molar-refractivity contribution in [2.24, 2.45) is 5.92 Å². The largest absolute Gasteiger partial charge is 0.353 e. The van der Waals surface area contributed by atoms with Crippen LogP contribution in [-0.2, 0) is 9.59 Å². The fourth-order valence-corrected chi connectivity index (χ4v) is 3.63. The lowest BCUT2D eigenvalue weighted by atomic mass is 9.87. The van der Waals surface area contributed by atoms with Gasteiger partial charge in [-0.3, -0.25) is 9.59 Å². The highest BCUT2D eigenvalue weighted by Crippen LogP contribution is 2.38. The molecule has 2 atom stereocenters. The number of hydrogen-bond acceptors (Lipinski definition) is 3. The lowest BCUT2D eigenvalue weighted by molar-refractivity contribution is -0.141. The molecule has 1 saturated heterocycles. The lowest BCUT2D eigenvalue weighted by Gasteiger charge is -2.37. The maximum Gasteiger partial charge on any atom is 0.225 e. The zero-order valence-corrected chi connectivity index (χ0v) is 11.8. The van der Waals surface area contributed by atoms with Crippen LogP contribution >= 0.6 is 11.3 Å². The zero-order chi connectivity index (χ0) is 13.4. The average molecular weight is 278 g/mol. The van der Waals surface area contributed by atoms with E-state index in [-0.39, 0.29) is 23.8 Å². The zero-order valence-electron chi connectivity index (χ0n) is 11.0. The quantitative estimate of drug-likeness (QED) is 0.918. The van der Waals surface area contributed by atoms with Crippen LogP contribution < -0.4 is 5.32 Å². The van der Waals surface area contributed by atoms with Gasteiger partial charge in [0.25, 0.3) is 0 Å². The highest BCUT2D eigenvalue weighted by Gasteiger charge is 2.40. The van der Waals surface area contributed by atoms with Crippen molar-refractivity contribution in [2.75, 3.05) is 7.05 Å². The van der Waals surface area contributed by atoms with E-state index in [1.807, 2.05) is 24.6 Å². The van der Waals surface area contributed by atoms with E-state index in [1.165, 1.54) is 0 Å². The first-order valence-electron chi connectivity index (χ1n) is 6.76. The predicted octanol–water partition coefficient (Wildman–Crippen LogP) is 1.94. The van der Waals surface area contributed by atoms with E-state index in [9.17, 15) is 9.59 Å². The number of hydrogen-bond donors (Lipinski definition) is 1. The normalized spacial score (nSPS) is 27.4. The van der Waals surface area contributed by atoms with Crippen molar-refractivity contribution in [3.8, 4) is 0 Å². The van der Waals surface area contributed by atoms with Gasteiger partial charge in [-0.1, -0.05) is 6.07 Å². The van der Waals surface area contributed by atoms with Gasteiger partial charge in [-0.2, -0.15) is 0 Å². The van der Waals surface area contributed by atoms with Crippen molar-refractivity contribution in [3.63, 3.8) is 0 Å². The van der Waals surface area contributed by atoms with Gasteiger partial charge in [0.15, 0.2) is 0 Å². The molecule has 1 aromatic heterocycles. The summed E-state index contributed by atoms with van der Waals surface area (Å²) in [4.78, 5) is 27.1. The van der Waals surface area contributed by atoms with Gasteiger partial charge in [0, 0.05) is 24.4 Å². The molecule has 0 unspecified atom stereocenters. The number of likely N-dealkylation sites (tertiary alicyclic amines) is 1. The van der Waals surface area contributed by atoms with Crippen LogP contribution in [0.25, 0.3) is 0 Å². The van der Waals surface area contributed by atoms with Crippen LogP contribution in [0.4, 0.5) is 0 Å². The van der Waals surface area contributed by atoms with E-state index in [2.05, 4.69) is 5.32 Å². The highest BCUT2D eigenvalue weighted by molar-refractivity contribution is 7.10. The van der Waals surface area contributed by atoms with Gasteiger partial charge in [0.2, 0.25) is 11.8 Å². The van der Waals surface area contributed by atoms with Crippen LogP contribution in [0, 0.1) is 5.92 Å². The molecule has 0 spiro atoms. The first-order chi connectivity index (χ1) is 9.16. The Hall–Kier alpha value is -1.36. The van der Waals surface area contributed by atoms with Gasteiger partial charge >= 0.3 is 0 Å². The molecule has 0 radical (unpaired) electrons. The Labute approximate surface area is 116 Å². The molecule has 102 valence electrons. The Balaban J connectivity index is 1.83. The first-order valence-corrected chi connectivity index (χ1v) is 7.64. The van der Waals surface area contributed by atoms with E-state index in [0.29, 0.717) is 18.9 Å². The summed E-state index contributed by atoms with van der Waals surface area (Å²) in [7, 11) is 1.81. The Bertz CT molecular complexity index is 482. The molecule has 1 aliphatic heterocycles. The molecule has 3 rings (SSSR count). The van der Waals surface area contributed by atoms with Crippen molar-refractivity contribution in [1.29, 1.82) is 0 Å². The summed E-state index contributed by atoms with van der Waals surface area (Å²) in [6.45, 7) is 0. The SMILES string of the molecule is CN1C(=O)CC[C@@H](C(=O)NC2CC2)[C@H]1c1cccs1. The summed E-state index contributed by atoms with van der Waals surface area (Å²) in [6.07, 6.45) is 3.32. The fraction of sp³-hybridized carbons (Fsp3) is 0.571. The molecule has 0 aromatic carbocycles. The van der Waals surface area contributed by atoms with Crippen molar-refractivity contribution in [3.05, 3.63) is 22.4 Å². The standard InChI is InChI=1S/C14H18N2O2S/c1-16-12(17)7-6-10(14(18)15-9-4-5-9)13(16)11-3-2-8-19-11/h2-3,8-10,13H,4-7H2,1H3,(H,15,18)/t10-,13+/m1/s1. The second kappa shape index (κ2) is 4.96. The number of nitrogens with one attached hydrogen (secondary N) is 1. The third kappa shape index (κ3) is 2.52. The maximum atomic E-state index is 12.4. The van der Waals surface area contributed by atoms with Crippen LogP contribution in [0.3, 0.4) is 0 Å². The summed E-state index contributed by atoms with van der Waals surface area (Å²) in [6, 6.07) is 4.27. The first kappa shape index (κ1) is 12.7. The molecular formula is C14H18N2O2S. The number of thiophene rings is 1. The fourth-order valence-electron chi connectivity index (χ4n) is 2.70. The van der Waals surface area contributed by atoms with Crippen molar-refractivity contribution in [2.45, 2.75) is 37.8 Å². The summed E-state index contributed by atoms with van der Waals surface area (Å²) < 4.78 is 0. The van der Waals surface area contributed by atoms with Gasteiger partial charge in [-0.15, -0.1) is 11.3 Å². The minimum absolute atomic E-state index is 0.0972. The second-order valence-corrected chi connectivity index (χ2v) is 6.37. The molecule has 2 fully saturated rings. The van der Waals surface area contributed by atoms with E-state index in [1.54, 1.807) is 16.2 Å². The maximum absolute atomic E-state index is 12.4. The van der Waals surface area contributed by atoms with Crippen molar-refractivity contribution in [1.82, 2.24) is 10.2 Å². The third-order valence-corrected chi connectivity index (χ3v) is 4.90. The van der Waals surface area contributed by atoms with Crippen LogP contribution in [0.5, 0.6) is 0 Å². The third-order valence-electron chi connectivity index (χ3n) is 3.96. The summed E-state index contributed by atoms with van der Waals surface area (Å²) in [5, 5.41) is 5.08. The van der Waals surface area contributed by atoms with Gasteiger partial charge in [0.05, 0.1) is 12.0 Å². The van der Waals surface area contributed by atoms with Gasteiger partial charge < -0.3 is 10.2 Å². The molecular weight excluding hydrogens is 260 g/mol. The van der Waals surface area contributed by atoms with Crippen LogP contribution in [-0.4, -0.2) is 29.8 Å². The Kier molecular flexibility index (Phi) is 3.31. The number of amides is 2. The van der Waals surface area contributed by atoms with Crippen molar-refractivity contribution >= 4 is 23.2 Å². The summed E-state index contributed by atoms with van der Waals surface area (Å²) >= 11 is 1.62. The number of nitrogens with zero attached hydrogens (tertiary/aromatic N) is 1. The highest BCUT2D eigenvalue weighted by atomic mass is 32.1. The topological polar surface area (TPSA) is 49.4 Å². The van der Waals surface area contributed by atoms with Crippen LogP contribution in [0.2, 0.25) is 0 Å². The second-order valence-electron chi connectivity index (χ2n) is 5.39. The minimum atomic E-state index is -0.109. The van der Waals surface area contributed by atoms with E-state index >= 15 is 0 Å². The predicted molar refractivity (Wildman–Crippen MR) is 73.7 cm³/mol. The lowest BCUT2D eigenvalue weighted by Crippen LogP contribution is -2.46. The molecule has 4 nitrogen and oxygen atoms in total. The minimum Gasteiger partial charge on any atom is -0.353 e. The molecule has 2 aliphatic rings. The van der Waals surface area contributed by atoms with Crippen LogP contribution in [0.1, 0.15) is 36.6 Å². The van der Waals surface area contributed by atoms with E-state index in [4.69, 9.17) is 0 Å². The molecule has 2 heterocycles. The Morgan fingerprint density at radius 2 is 2.21 bits per heavy atom. The smallest absolute Gasteiger partial charge is 0.225 e. The average Bonchev–Trinajstić information content (AvgIpc) is 3.04. The summed E-state index contributed by atoms with van der Waals surface area (Å²) in [5.41, 5.74) is 0. The monoisotopic (exact) mass is 278 g/mol. The molecule has 0 bridgehead atoms. The molecule has 1 saturated carbocycles. The molecule has 5 heteroatoms. The van der Waals surface area contributed by atoms with E-state index in [0.717, 1.165) is 17.7 Å². The van der Waals surface area contributed by atoms with Crippen LogP contribution in [0.15, 0.2) is 17.5 Å². The Morgan fingerprint density at radius 1 is 1.42 bits per heavy atom. The van der Waals surface area contributed by atoms with Gasteiger partial charge in [-0.05, 0) is 30.7 Å². The van der Waals surface area contributed by atoms with Gasteiger partial charge in [0.1, 0.15) is 0 Å². The van der Waals surface area contributed by atoms with Crippen molar-refractivity contribution < 1.29 is 9.59 Å². The molecule has 19 heavy (non-hydrogen) atoms. The number of carbonyl (C=O) groups excluding carboxylic acids is 2. The van der Waals surface area contributed by atoms with E-state index < -0.39 is 0 Å². The number of carbonyl (C=O) groups is 2. The van der Waals surface area contributed by atoms with Gasteiger partial charge in [-0.25, -0.2) is 0 Å².